The highest BCUT2D eigenvalue weighted by atomic mass is 35.5. The minimum atomic E-state index is -0.00299. The van der Waals surface area contributed by atoms with Crippen LogP contribution < -0.4 is 5.43 Å². The van der Waals surface area contributed by atoms with Crippen LogP contribution in [0.2, 0.25) is 0 Å². The number of halogens is 1. The predicted molar refractivity (Wildman–Crippen MR) is 61.2 cm³/mol. The molecular formula is C11H17ClN2O. The van der Waals surface area contributed by atoms with Crippen LogP contribution in [0.4, 0.5) is 0 Å². The van der Waals surface area contributed by atoms with Gasteiger partial charge < -0.3 is 5.43 Å². The maximum absolute atomic E-state index is 12.0. The topological polar surface area (TPSA) is 41.5 Å². The number of Topliss-reactive ketones (excluding diaryl/α,β-unsaturated/α-hetero) is 1. The number of fused-ring (bicyclic) bond motifs is 1. The number of hydrogen-bond acceptors (Lipinski definition) is 3. The molecule has 2 atom stereocenters. The molecule has 1 heterocycles. The molecule has 0 radical (unpaired) electrons. The summed E-state index contributed by atoms with van der Waals surface area (Å²) in [7, 11) is 0. The first-order valence-electron chi connectivity index (χ1n) is 5.44. The molecule has 0 amide bonds. The lowest BCUT2D eigenvalue weighted by molar-refractivity contribution is -0.126. The molecular weight excluding hydrogens is 212 g/mol. The lowest BCUT2D eigenvalue weighted by Gasteiger charge is -2.36. The van der Waals surface area contributed by atoms with E-state index >= 15 is 0 Å². The van der Waals surface area contributed by atoms with E-state index < -0.39 is 0 Å². The van der Waals surface area contributed by atoms with Crippen LogP contribution in [0, 0.1) is 11.3 Å². The zero-order chi connectivity index (χ0) is 11.1. The Labute approximate surface area is 95.3 Å². The van der Waals surface area contributed by atoms with E-state index in [1.165, 1.54) is 0 Å². The molecule has 1 N–H and O–H groups in total. The van der Waals surface area contributed by atoms with Gasteiger partial charge in [0.2, 0.25) is 0 Å². The molecule has 1 aliphatic heterocycles. The molecule has 0 aromatic heterocycles. The van der Waals surface area contributed by atoms with Crippen LogP contribution in [0.25, 0.3) is 0 Å². The third kappa shape index (κ3) is 2.03. The van der Waals surface area contributed by atoms with Crippen molar-refractivity contribution < 1.29 is 4.79 Å². The number of ketones is 1. The first kappa shape index (κ1) is 10.9. The molecule has 3 nitrogen and oxygen atoms in total. The van der Waals surface area contributed by atoms with Gasteiger partial charge in [-0.25, -0.2) is 0 Å². The van der Waals surface area contributed by atoms with Crippen LogP contribution in [0.5, 0.6) is 0 Å². The minimum absolute atomic E-state index is 0.00299. The normalized spacial score (nSPS) is 33.3. The smallest absolute Gasteiger partial charge is 0.144 e. The summed E-state index contributed by atoms with van der Waals surface area (Å²) in [6, 6.07) is 0.208. The Bertz CT molecular complexity index is 312. The summed E-state index contributed by atoms with van der Waals surface area (Å²) in [6.45, 7) is 4.28. The van der Waals surface area contributed by atoms with E-state index in [1.807, 2.05) is 0 Å². The Morgan fingerprint density at radius 2 is 2.33 bits per heavy atom. The first-order valence-corrected chi connectivity index (χ1v) is 5.97. The van der Waals surface area contributed by atoms with E-state index in [-0.39, 0.29) is 17.4 Å². The number of carbonyl (C=O) groups is 1. The van der Waals surface area contributed by atoms with Crippen molar-refractivity contribution in [2.45, 2.75) is 39.2 Å². The summed E-state index contributed by atoms with van der Waals surface area (Å²) in [6.07, 6.45) is 2.40. The molecule has 2 aliphatic rings. The van der Waals surface area contributed by atoms with Crippen LogP contribution in [0.3, 0.4) is 0 Å². The van der Waals surface area contributed by atoms with Crippen LogP contribution >= 0.6 is 11.6 Å². The Morgan fingerprint density at radius 1 is 1.60 bits per heavy atom. The van der Waals surface area contributed by atoms with Gasteiger partial charge in [0.15, 0.2) is 0 Å². The van der Waals surface area contributed by atoms with E-state index in [1.54, 1.807) is 0 Å². The fraction of sp³-hybridized carbons (Fsp3) is 0.818. The molecule has 0 aromatic carbocycles. The Hall–Kier alpha value is -0.570. The van der Waals surface area contributed by atoms with Gasteiger partial charge in [-0.3, -0.25) is 4.79 Å². The van der Waals surface area contributed by atoms with Gasteiger partial charge in [-0.2, -0.15) is 5.10 Å². The minimum Gasteiger partial charge on any atom is -0.306 e. The van der Waals surface area contributed by atoms with Crippen molar-refractivity contribution in [3.05, 3.63) is 0 Å². The zero-order valence-electron chi connectivity index (χ0n) is 9.22. The van der Waals surface area contributed by atoms with Crippen LogP contribution in [-0.4, -0.2) is 23.4 Å². The highest BCUT2D eigenvalue weighted by Gasteiger charge is 2.45. The van der Waals surface area contributed by atoms with Gasteiger partial charge in [0, 0.05) is 18.7 Å². The maximum Gasteiger partial charge on any atom is 0.144 e. The van der Waals surface area contributed by atoms with Gasteiger partial charge in [-0.05, 0) is 11.8 Å². The van der Waals surface area contributed by atoms with E-state index in [2.05, 4.69) is 24.4 Å². The van der Waals surface area contributed by atoms with Gasteiger partial charge in [0.25, 0.3) is 0 Å². The lowest BCUT2D eigenvalue weighted by atomic mass is 9.68. The SMILES string of the molecule is CC1(C)CC(=O)C2C(CCCl)=NNC2C1. The molecule has 1 fully saturated rings. The second kappa shape index (κ2) is 3.78. The van der Waals surface area contributed by atoms with Crippen molar-refractivity contribution in [2.24, 2.45) is 16.4 Å². The number of hydrazone groups is 1. The van der Waals surface area contributed by atoms with Gasteiger partial charge in [0.1, 0.15) is 5.78 Å². The molecule has 1 aliphatic carbocycles. The summed E-state index contributed by atoms with van der Waals surface area (Å²) in [4.78, 5) is 12.0. The molecule has 15 heavy (non-hydrogen) atoms. The van der Waals surface area contributed by atoms with Gasteiger partial charge in [-0.15, -0.1) is 11.6 Å². The van der Waals surface area contributed by atoms with Crippen molar-refractivity contribution >= 4 is 23.1 Å². The molecule has 84 valence electrons. The average Bonchev–Trinajstić information content (AvgIpc) is 2.46. The summed E-state index contributed by atoms with van der Waals surface area (Å²) in [5.74, 6) is 0.863. The largest absolute Gasteiger partial charge is 0.306 e. The fourth-order valence-corrected chi connectivity index (χ4v) is 2.87. The first-order chi connectivity index (χ1) is 7.03. The number of alkyl halides is 1. The highest BCUT2D eigenvalue weighted by molar-refractivity contribution is 6.20. The summed E-state index contributed by atoms with van der Waals surface area (Å²) >= 11 is 5.70. The molecule has 2 rings (SSSR count). The lowest BCUT2D eigenvalue weighted by Crippen LogP contribution is -2.45. The number of hydrogen-bond donors (Lipinski definition) is 1. The molecule has 2 unspecified atom stereocenters. The van der Waals surface area contributed by atoms with E-state index in [0.29, 0.717) is 18.1 Å². The van der Waals surface area contributed by atoms with Crippen molar-refractivity contribution in [3.8, 4) is 0 Å². The molecule has 1 saturated carbocycles. The van der Waals surface area contributed by atoms with E-state index in [4.69, 9.17) is 11.6 Å². The maximum atomic E-state index is 12.0. The quantitative estimate of drug-likeness (QED) is 0.734. The Kier molecular flexibility index (Phi) is 2.75. The number of rotatable bonds is 2. The molecule has 0 spiro atoms. The Morgan fingerprint density at radius 3 is 3.00 bits per heavy atom. The van der Waals surface area contributed by atoms with Crippen molar-refractivity contribution in [3.63, 3.8) is 0 Å². The van der Waals surface area contributed by atoms with Crippen molar-refractivity contribution in [2.75, 3.05) is 5.88 Å². The van der Waals surface area contributed by atoms with Gasteiger partial charge >= 0.3 is 0 Å². The standard InChI is InChI=1S/C11H17ClN2O/c1-11(2)5-8-10(9(15)6-11)7(3-4-12)13-14-8/h8,10,14H,3-6H2,1-2H3. The van der Waals surface area contributed by atoms with Crippen LogP contribution in [0.15, 0.2) is 5.10 Å². The van der Waals surface area contributed by atoms with Crippen LogP contribution in [0.1, 0.15) is 33.1 Å². The summed E-state index contributed by atoms with van der Waals surface area (Å²) in [5, 5.41) is 4.25. The Balaban J connectivity index is 2.14. The fourth-order valence-electron chi connectivity index (χ4n) is 2.67. The van der Waals surface area contributed by atoms with E-state index in [0.717, 1.165) is 18.6 Å². The van der Waals surface area contributed by atoms with E-state index in [9.17, 15) is 4.79 Å². The highest BCUT2D eigenvalue weighted by Crippen LogP contribution is 2.38. The van der Waals surface area contributed by atoms with Gasteiger partial charge in [0.05, 0.1) is 17.7 Å². The average molecular weight is 229 g/mol. The second-order valence-corrected chi connectivity index (χ2v) is 5.64. The number of nitrogens with one attached hydrogen (secondary N) is 1. The second-order valence-electron chi connectivity index (χ2n) is 5.27. The monoisotopic (exact) mass is 228 g/mol. The molecule has 0 bridgehead atoms. The number of nitrogens with zero attached hydrogens (tertiary/aromatic N) is 1. The van der Waals surface area contributed by atoms with Crippen LogP contribution in [-0.2, 0) is 4.79 Å². The molecule has 0 aromatic rings. The number of carbonyl (C=O) groups excluding carboxylic acids is 1. The third-order valence-electron chi connectivity index (χ3n) is 3.26. The third-order valence-corrected chi connectivity index (χ3v) is 3.45. The zero-order valence-corrected chi connectivity index (χ0v) is 9.97. The van der Waals surface area contributed by atoms with Crippen molar-refractivity contribution in [1.82, 2.24) is 5.43 Å². The predicted octanol–water partition coefficient (Wildman–Crippen LogP) is 1.95. The molecule has 4 heteroatoms. The summed E-state index contributed by atoms with van der Waals surface area (Å²) < 4.78 is 0. The van der Waals surface area contributed by atoms with Crippen molar-refractivity contribution in [1.29, 1.82) is 0 Å². The summed E-state index contributed by atoms with van der Waals surface area (Å²) in [5.41, 5.74) is 4.15. The van der Waals surface area contributed by atoms with Gasteiger partial charge in [-0.1, -0.05) is 13.8 Å². The molecule has 0 saturated heterocycles.